The molecule has 0 aliphatic carbocycles. The minimum atomic E-state index is -1.40. The Hall–Kier alpha value is -3.10. The lowest BCUT2D eigenvalue weighted by atomic mass is 10.2. The summed E-state index contributed by atoms with van der Waals surface area (Å²) in [6.07, 6.45) is 1.87. The summed E-state index contributed by atoms with van der Waals surface area (Å²) in [4.78, 5) is 27.5. The molecule has 0 amide bonds. The van der Waals surface area contributed by atoms with Crippen LogP contribution >= 0.6 is 0 Å². The second-order valence-corrected chi connectivity index (χ2v) is 3.53. The van der Waals surface area contributed by atoms with Gasteiger partial charge in [0.15, 0.2) is 0 Å². The van der Waals surface area contributed by atoms with Gasteiger partial charge in [0.05, 0.1) is 10.5 Å². The number of carboxylic acids is 1. The summed E-state index contributed by atoms with van der Waals surface area (Å²) < 4.78 is 18.4. The van der Waals surface area contributed by atoms with Crippen LogP contribution in [0.3, 0.4) is 0 Å². The van der Waals surface area contributed by atoms with Crippen molar-refractivity contribution in [3.8, 4) is 11.8 Å². The van der Waals surface area contributed by atoms with Crippen LogP contribution in [-0.4, -0.2) is 26.0 Å². The first kappa shape index (κ1) is 13.3. The first-order chi connectivity index (χ1) is 9.47. The third kappa shape index (κ3) is 2.83. The van der Waals surface area contributed by atoms with Gasteiger partial charge >= 0.3 is 17.7 Å². The lowest BCUT2D eigenvalue weighted by Crippen LogP contribution is -2.01. The van der Waals surface area contributed by atoms with Gasteiger partial charge in [-0.25, -0.2) is 9.18 Å². The zero-order chi connectivity index (χ0) is 14.7. The number of hydrogen-bond donors (Lipinski definition) is 1. The van der Waals surface area contributed by atoms with E-state index in [2.05, 4.69) is 9.97 Å². The van der Waals surface area contributed by atoms with Crippen LogP contribution in [0.25, 0.3) is 0 Å². The van der Waals surface area contributed by atoms with Crippen LogP contribution in [0.1, 0.15) is 10.4 Å². The predicted octanol–water partition coefficient (Wildman–Crippen LogP) is 2.01. The molecular formula is C11H6FN3O5. The third-order valence-electron chi connectivity index (χ3n) is 2.21. The van der Waals surface area contributed by atoms with E-state index in [9.17, 15) is 19.3 Å². The van der Waals surface area contributed by atoms with E-state index < -0.39 is 22.3 Å². The SMILES string of the molecule is O=C(O)c1ccc(Oc2ncc([N+](=O)[O-])cn2)cc1F. The van der Waals surface area contributed by atoms with Gasteiger partial charge < -0.3 is 9.84 Å². The first-order valence-corrected chi connectivity index (χ1v) is 5.14. The minimum absolute atomic E-state index is 0.0265. The van der Waals surface area contributed by atoms with Crippen LogP contribution in [0.5, 0.6) is 11.8 Å². The fourth-order valence-corrected chi connectivity index (χ4v) is 1.29. The molecule has 1 N–H and O–H groups in total. The van der Waals surface area contributed by atoms with Crippen molar-refractivity contribution in [2.24, 2.45) is 0 Å². The fourth-order valence-electron chi connectivity index (χ4n) is 1.29. The monoisotopic (exact) mass is 279 g/mol. The van der Waals surface area contributed by atoms with E-state index in [0.29, 0.717) is 0 Å². The van der Waals surface area contributed by atoms with Crippen molar-refractivity contribution in [1.29, 1.82) is 0 Å². The summed E-state index contributed by atoms with van der Waals surface area (Å²) >= 11 is 0. The predicted molar refractivity (Wildman–Crippen MR) is 62.1 cm³/mol. The summed E-state index contributed by atoms with van der Waals surface area (Å²) in [6.45, 7) is 0. The molecule has 102 valence electrons. The van der Waals surface area contributed by atoms with Crippen molar-refractivity contribution in [2.45, 2.75) is 0 Å². The van der Waals surface area contributed by atoms with Crippen molar-refractivity contribution in [2.75, 3.05) is 0 Å². The summed E-state index contributed by atoms with van der Waals surface area (Å²) in [7, 11) is 0. The number of nitro groups is 1. The number of nitrogens with zero attached hydrogens (tertiary/aromatic N) is 3. The normalized spacial score (nSPS) is 10.1. The third-order valence-corrected chi connectivity index (χ3v) is 2.21. The molecule has 2 rings (SSSR count). The highest BCUT2D eigenvalue weighted by atomic mass is 19.1. The van der Waals surface area contributed by atoms with Crippen LogP contribution in [-0.2, 0) is 0 Å². The van der Waals surface area contributed by atoms with Gasteiger partial charge in [-0.15, -0.1) is 0 Å². The number of carboxylic acid groups (broad SMARTS) is 1. The van der Waals surface area contributed by atoms with Gasteiger partial charge in [0, 0.05) is 6.07 Å². The van der Waals surface area contributed by atoms with Crippen LogP contribution in [0, 0.1) is 15.9 Å². The molecule has 8 nitrogen and oxygen atoms in total. The molecule has 0 aliphatic rings. The summed E-state index contributed by atoms with van der Waals surface area (Å²) in [5.41, 5.74) is -0.813. The van der Waals surface area contributed by atoms with Crippen molar-refractivity contribution in [1.82, 2.24) is 9.97 Å². The molecule has 0 fully saturated rings. The van der Waals surface area contributed by atoms with E-state index in [1.165, 1.54) is 6.07 Å². The lowest BCUT2D eigenvalue weighted by Gasteiger charge is -2.04. The zero-order valence-electron chi connectivity index (χ0n) is 9.69. The van der Waals surface area contributed by atoms with E-state index in [1.807, 2.05) is 0 Å². The number of halogens is 1. The van der Waals surface area contributed by atoms with Gasteiger partial charge in [0.25, 0.3) is 0 Å². The Morgan fingerprint density at radius 2 is 2.00 bits per heavy atom. The van der Waals surface area contributed by atoms with E-state index in [0.717, 1.165) is 24.5 Å². The number of aromatic carboxylic acids is 1. The number of hydrogen-bond acceptors (Lipinski definition) is 6. The number of carbonyl (C=O) groups is 1. The molecule has 1 aromatic carbocycles. The van der Waals surface area contributed by atoms with Crippen molar-refractivity contribution < 1.29 is 24.0 Å². The molecule has 0 radical (unpaired) electrons. The van der Waals surface area contributed by atoms with E-state index in [-0.39, 0.29) is 17.4 Å². The number of ether oxygens (including phenoxy) is 1. The lowest BCUT2D eigenvalue weighted by molar-refractivity contribution is -0.385. The second kappa shape index (κ2) is 5.26. The molecule has 2 aromatic rings. The average molecular weight is 279 g/mol. The van der Waals surface area contributed by atoms with E-state index in [4.69, 9.17) is 9.84 Å². The second-order valence-electron chi connectivity index (χ2n) is 3.53. The highest BCUT2D eigenvalue weighted by Gasteiger charge is 2.12. The first-order valence-electron chi connectivity index (χ1n) is 5.14. The van der Waals surface area contributed by atoms with E-state index in [1.54, 1.807) is 0 Å². The quantitative estimate of drug-likeness (QED) is 0.672. The number of benzene rings is 1. The fraction of sp³-hybridized carbons (Fsp3) is 0. The highest BCUT2D eigenvalue weighted by molar-refractivity contribution is 5.88. The maximum Gasteiger partial charge on any atom is 0.338 e. The van der Waals surface area contributed by atoms with Crippen LogP contribution < -0.4 is 4.74 Å². The standard InChI is InChI=1S/C11H6FN3O5/c12-9-3-7(1-2-8(9)10(16)17)20-11-13-4-6(5-14-11)15(18)19/h1-5H,(H,16,17). The Morgan fingerprint density at radius 1 is 1.35 bits per heavy atom. The maximum atomic E-state index is 13.4. The highest BCUT2D eigenvalue weighted by Crippen LogP contribution is 2.21. The summed E-state index contributed by atoms with van der Waals surface area (Å²) in [5, 5.41) is 19.1. The van der Waals surface area contributed by atoms with Crippen molar-refractivity contribution >= 4 is 11.7 Å². The minimum Gasteiger partial charge on any atom is -0.478 e. The van der Waals surface area contributed by atoms with Gasteiger partial charge in [-0.2, -0.15) is 9.97 Å². The van der Waals surface area contributed by atoms with Crippen molar-refractivity contribution in [3.63, 3.8) is 0 Å². The topological polar surface area (TPSA) is 115 Å². The van der Waals surface area contributed by atoms with Gasteiger partial charge in [-0.1, -0.05) is 0 Å². The molecular weight excluding hydrogens is 273 g/mol. The molecule has 0 saturated heterocycles. The number of aromatic nitrogens is 2. The number of rotatable bonds is 4. The van der Waals surface area contributed by atoms with E-state index >= 15 is 0 Å². The molecule has 0 unspecified atom stereocenters. The smallest absolute Gasteiger partial charge is 0.338 e. The Balaban J connectivity index is 2.19. The van der Waals surface area contributed by atoms with Crippen LogP contribution in [0.2, 0.25) is 0 Å². The molecule has 0 atom stereocenters. The molecule has 0 spiro atoms. The molecule has 1 heterocycles. The Morgan fingerprint density at radius 3 is 2.50 bits per heavy atom. The molecule has 1 aromatic heterocycles. The summed E-state index contributed by atoms with van der Waals surface area (Å²) in [5.74, 6) is -2.40. The Bertz CT molecular complexity index is 674. The summed E-state index contributed by atoms with van der Waals surface area (Å²) in [6, 6.07) is 2.88. The Labute approximate surface area is 110 Å². The molecule has 0 bridgehead atoms. The van der Waals surface area contributed by atoms with Gasteiger partial charge in [0.2, 0.25) is 0 Å². The van der Waals surface area contributed by atoms with Gasteiger partial charge in [-0.05, 0) is 12.1 Å². The zero-order valence-corrected chi connectivity index (χ0v) is 9.69. The van der Waals surface area contributed by atoms with Gasteiger partial charge in [0.1, 0.15) is 24.0 Å². The van der Waals surface area contributed by atoms with Gasteiger partial charge in [-0.3, -0.25) is 10.1 Å². The molecule has 20 heavy (non-hydrogen) atoms. The molecule has 0 saturated carbocycles. The molecule has 9 heteroatoms. The Kier molecular flexibility index (Phi) is 3.51. The van der Waals surface area contributed by atoms with Crippen molar-refractivity contribution in [3.05, 3.63) is 52.1 Å². The largest absolute Gasteiger partial charge is 0.478 e. The van der Waals surface area contributed by atoms with Crippen LogP contribution in [0.4, 0.5) is 10.1 Å². The maximum absolute atomic E-state index is 13.4. The average Bonchev–Trinajstić information content (AvgIpc) is 2.39. The molecule has 0 aliphatic heterocycles. The van der Waals surface area contributed by atoms with Crippen LogP contribution in [0.15, 0.2) is 30.6 Å².